The average molecular weight is 341 g/mol. The summed E-state index contributed by atoms with van der Waals surface area (Å²) in [4.78, 5) is 3.82. The standard InChI is InChI=1S/C9H4BrCl2NO2S/c10-5-1-2-6-7(3-5)13-4-8(9(6)11)16(12,14)15/h1-4H. The first-order valence-electron chi connectivity index (χ1n) is 4.08. The Hall–Kier alpha value is -0.360. The van der Waals surface area contributed by atoms with Crippen molar-refractivity contribution in [3.05, 3.63) is 33.9 Å². The maximum atomic E-state index is 11.2. The molecule has 7 heteroatoms. The molecule has 2 aromatic rings. The number of hydrogen-bond acceptors (Lipinski definition) is 3. The summed E-state index contributed by atoms with van der Waals surface area (Å²) in [5, 5.41) is 0.638. The molecule has 0 spiro atoms. The van der Waals surface area contributed by atoms with Gasteiger partial charge >= 0.3 is 0 Å². The third kappa shape index (κ3) is 2.18. The zero-order valence-electron chi connectivity index (χ0n) is 7.62. The lowest BCUT2D eigenvalue weighted by Crippen LogP contribution is -1.94. The molecule has 3 nitrogen and oxygen atoms in total. The third-order valence-corrected chi connectivity index (χ3v) is 4.34. The fourth-order valence-electron chi connectivity index (χ4n) is 1.28. The second kappa shape index (κ2) is 4.14. The predicted octanol–water partition coefficient (Wildman–Crippen LogP) is 3.58. The Morgan fingerprint density at radius 2 is 2.00 bits per heavy atom. The highest BCUT2D eigenvalue weighted by Gasteiger charge is 2.17. The van der Waals surface area contributed by atoms with Gasteiger partial charge in [-0.25, -0.2) is 8.42 Å². The van der Waals surface area contributed by atoms with E-state index in [-0.39, 0.29) is 9.92 Å². The maximum absolute atomic E-state index is 11.2. The van der Waals surface area contributed by atoms with Crippen molar-refractivity contribution in [2.75, 3.05) is 0 Å². The highest BCUT2D eigenvalue weighted by Crippen LogP contribution is 2.31. The van der Waals surface area contributed by atoms with E-state index < -0.39 is 9.05 Å². The quantitative estimate of drug-likeness (QED) is 0.745. The number of aromatic nitrogens is 1. The Morgan fingerprint density at radius 1 is 1.31 bits per heavy atom. The van der Waals surface area contributed by atoms with Gasteiger partial charge in [0.2, 0.25) is 0 Å². The number of hydrogen-bond donors (Lipinski definition) is 0. The van der Waals surface area contributed by atoms with Gasteiger partial charge in [-0.3, -0.25) is 4.98 Å². The Kier molecular flexibility index (Phi) is 3.13. The van der Waals surface area contributed by atoms with Crippen LogP contribution in [0, 0.1) is 0 Å². The number of nitrogens with zero attached hydrogens (tertiary/aromatic N) is 1. The monoisotopic (exact) mass is 339 g/mol. The average Bonchev–Trinajstić information content (AvgIpc) is 2.15. The van der Waals surface area contributed by atoms with E-state index in [1.54, 1.807) is 18.2 Å². The van der Waals surface area contributed by atoms with Crippen LogP contribution in [0.15, 0.2) is 33.8 Å². The van der Waals surface area contributed by atoms with Gasteiger partial charge in [0.05, 0.1) is 10.5 Å². The second-order valence-electron chi connectivity index (χ2n) is 3.04. The zero-order valence-corrected chi connectivity index (χ0v) is 11.5. The summed E-state index contributed by atoms with van der Waals surface area (Å²) < 4.78 is 23.2. The molecule has 2 rings (SSSR count). The molecule has 0 aliphatic rings. The molecule has 0 aliphatic heterocycles. The summed E-state index contributed by atoms with van der Waals surface area (Å²) in [6.45, 7) is 0. The SMILES string of the molecule is O=S(=O)(Cl)c1cnc2cc(Br)ccc2c1Cl. The molecule has 0 bridgehead atoms. The molecule has 1 aromatic heterocycles. The van der Waals surface area contributed by atoms with E-state index in [2.05, 4.69) is 20.9 Å². The molecule has 0 atom stereocenters. The van der Waals surface area contributed by atoms with Gasteiger partial charge in [-0.1, -0.05) is 33.6 Å². The van der Waals surface area contributed by atoms with Gasteiger partial charge in [-0.2, -0.15) is 0 Å². The van der Waals surface area contributed by atoms with Crippen LogP contribution in [0.3, 0.4) is 0 Å². The molecule has 0 unspecified atom stereocenters. The Balaban J connectivity index is 2.86. The van der Waals surface area contributed by atoms with Crippen molar-refractivity contribution < 1.29 is 8.42 Å². The van der Waals surface area contributed by atoms with Crippen LogP contribution in [0.5, 0.6) is 0 Å². The molecule has 1 aromatic carbocycles. The van der Waals surface area contributed by atoms with Crippen molar-refractivity contribution in [1.82, 2.24) is 4.98 Å². The van der Waals surface area contributed by atoms with Crippen LogP contribution >= 0.6 is 38.2 Å². The molecule has 1 heterocycles. The molecule has 16 heavy (non-hydrogen) atoms. The molecule has 0 radical (unpaired) electrons. The Bertz CT molecular complexity index is 673. The van der Waals surface area contributed by atoms with Crippen LogP contribution in [0.1, 0.15) is 0 Å². The highest BCUT2D eigenvalue weighted by atomic mass is 79.9. The predicted molar refractivity (Wildman–Crippen MR) is 67.5 cm³/mol. The fraction of sp³-hybridized carbons (Fsp3) is 0. The van der Waals surface area contributed by atoms with Gasteiger partial charge < -0.3 is 0 Å². The van der Waals surface area contributed by atoms with Crippen LogP contribution in [0.4, 0.5) is 0 Å². The lowest BCUT2D eigenvalue weighted by molar-refractivity contribution is 0.609. The van der Waals surface area contributed by atoms with Crippen molar-refractivity contribution in [2.45, 2.75) is 4.90 Å². The summed E-state index contributed by atoms with van der Waals surface area (Å²) in [6, 6.07) is 5.17. The Morgan fingerprint density at radius 3 is 2.62 bits per heavy atom. The lowest BCUT2D eigenvalue weighted by Gasteiger charge is -2.04. The van der Waals surface area contributed by atoms with E-state index in [1.165, 1.54) is 0 Å². The van der Waals surface area contributed by atoms with Gasteiger partial charge in [0.1, 0.15) is 4.90 Å². The molecule has 0 N–H and O–H groups in total. The number of fused-ring (bicyclic) bond motifs is 1. The minimum absolute atomic E-state index is 0.0903. The summed E-state index contributed by atoms with van der Waals surface area (Å²) >= 11 is 9.25. The molecule has 0 fully saturated rings. The molecule has 84 valence electrons. The number of rotatable bonds is 1. The summed E-state index contributed by atoms with van der Waals surface area (Å²) in [5.74, 6) is 0. The fourth-order valence-corrected chi connectivity index (χ4v) is 3.12. The number of halogens is 3. The van der Waals surface area contributed by atoms with Crippen molar-refractivity contribution in [2.24, 2.45) is 0 Å². The lowest BCUT2D eigenvalue weighted by atomic mass is 10.2. The first-order valence-corrected chi connectivity index (χ1v) is 7.56. The molecule has 0 saturated heterocycles. The van der Waals surface area contributed by atoms with Gasteiger partial charge in [0.15, 0.2) is 0 Å². The molecular formula is C9H4BrCl2NO2S. The van der Waals surface area contributed by atoms with Crippen LogP contribution in [0.2, 0.25) is 5.02 Å². The van der Waals surface area contributed by atoms with Gasteiger partial charge in [-0.05, 0) is 12.1 Å². The first kappa shape index (κ1) is 12.1. The van der Waals surface area contributed by atoms with Crippen molar-refractivity contribution >= 4 is 58.2 Å². The normalized spacial score (nSPS) is 11.9. The van der Waals surface area contributed by atoms with E-state index >= 15 is 0 Å². The molecule has 0 amide bonds. The summed E-state index contributed by atoms with van der Waals surface area (Å²) in [7, 11) is 1.36. The van der Waals surface area contributed by atoms with Crippen LogP contribution < -0.4 is 0 Å². The third-order valence-electron chi connectivity index (χ3n) is 2.00. The number of benzene rings is 1. The minimum Gasteiger partial charge on any atom is -0.255 e. The van der Waals surface area contributed by atoms with Gasteiger partial charge in [-0.15, -0.1) is 0 Å². The molecule has 0 aliphatic carbocycles. The smallest absolute Gasteiger partial charge is 0.255 e. The van der Waals surface area contributed by atoms with Crippen LogP contribution in [0.25, 0.3) is 10.9 Å². The minimum atomic E-state index is -3.87. The number of pyridine rings is 1. The summed E-state index contributed by atoms with van der Waals surface area (Å²) in [5.41, 5.74) is 0.600. The largest absolute Gasteiger partial charge is 0.264 e. The van der Waals surface area contributed by atoms with Gasteiger partial charge in [0.25, 0.3) is 9.05 Å². The van der Waals surface area contributed by atoms with E-state index in [0.717, 1.165) is 10.7 Å². The second-order valence-corrected chi connectivity index (χ2v) is 6.86. The van der Waals surface area contributed by atoms with Crippen molar-refractivity contribution in [1.29, 1.82) is 0 Å². The zero-order chi connectivity index (χ0) is 11.9. The van der Waals surface area contributed by atoms with E-state index in [9.17, 15) is 8.42 Å². The molecule has 0 saturated carbocycles. The topological polar surface area (TPSA) is 47.0 Å². The van der Waals surface area contributed by atoms with E-state index in [1.807, 2.05) is 0 Å². The van der Waals surface area contributed by atoms with Crippen LogP contribution in [-0.2, 0) is 9.05 Å². The molecular weight excluding hydrogens is 337 g/mol. The van der Waals surface area contributed by atoms with Gasteiger partial charge in [0, 0.05) is 26.7 Å². The first-order chi connectivity index (χ1) is 7.39. The maximum Gasteiger partial charge on any atom is 0.264 e. The van der Waals surface area contributed by atoms with Crippen LogP contribution in [-0.4, -0.2) is 13.4 Å². The van der Waals surface area contributed by atoms with Crippen molar-refractivity contribution in [3.63, 3.8) is 0 Å². The van der Waals surface area contributed by atoms with E-state index in [0.29, 0.717) is 10.9 Å². The van der Waals surface area contributed by atoms with E-state index in [4.69, 9.17) is 22.3 Å². The highest BCUT2D eigenvalue weighted by molar-refractivity contribution is 9.10. The van der Waals surface area contributed by atoms with Crippen molar-refractivity contribution in [3.8, 4) is 0 Å². The Labute approximate surface area is 110 Å². The summed E-state index contributed by atoms with van der Waals surface area (Å²) in [6.07, 6.45) is 1.15.